The summed E-state index contributed by atoms with van der Waals surface area (Å²) in [5.74, 6) is 0.694. The summed E-state index contributed by atoms with van der Waals surface area (Å²) in [5.41, 5.74) is 0.946. The van der Waals surface area contributed by atoms with Crippen LogP contribution < -0.4 is 4.74 Å². The summed E-state index contributed by atoms with van der Waals surface area (Å²) in [6, 6.07) is 3.65. The second kappa shape index (κ2) is 6.83. The maximum absolute atomic E-state index is 10.6. The van der Waals surface area contributed by atoms with E-state index in [-0.39, 0.29) is 12.3 Å². The molecule has 0 amide bonds. The molecule has 7 heteroatoms. The SMILES string of the molecule is COc1ccc(Cc2noc(CC(C)CC(=O)O)n2)cn1. The Morgan fingerprint density at radius 1 is 1.48 bits per heavy atom. The molecule has 1 N–H and O–H groups in total. The van der Waals surface area contributed by atoms with Crippen molar-refractivity contribution in [2.45, 2.75) is 26.2 Å². The van der Waals surface area contributed by atoms with Crippen molar-refractivity contribution in [3.05, 3.63) is 35.6 Å². The Bertz CT molecular complexity index is 595. The van der Waals surface area contributed by atoms with E-state index in [1.54, 1.807) is 19.4 Å². The van der Waals surface area contributed by atoms with Crippen LogP contribution in [-0.4, -0.2) is 33.3 Å². The number of pyridine rings is 1. The first kappa shape index (κ1) is 15.0. The Kier molecular flexibility index (Phi) is 4.86. The summed E-state index contributed by atoms with van der Waals surface area (Å²) < 4.78 is 10.1. The number of hydrogen-bond donors (Lipinski definition) is 1. The van der Waals surface area contributed by atoms with Crippen molar-refractivity contribution in [2.75, 3.05) is 7.11 Å². The number of methoxy groups -OCH3 is 1. The largest absolute Gasteiger partial charge is 0.481 e. The van der Waals surface area contributed by atoms with Gasteiger partial charge in [-0.3, -0.25) is 4.79 Å². The molecule has 0 aliphatic heterocycles. The van der Waals surface area contributed by atoms with E-state index in [0.717, 1.165) is 5.56 Å². The number of carbonyl (C=O) groups is 1. The third-order valence-electron chi connectivity index (χ3n) is 2.93. The topological polar surface area (TPSA) is 98.3 Å². The van der Waals surface area contributed by atoms with Gasteiger partial charge in [0.2, 0.25) is 11.8 Å². The van der Waals surface area contributed by atoms with E-state index in [4.69, 9.17) is 14.4 Å². The van der Waals surface area contributed by atoms with E-state index in [1.165, 1.54) is 0 Å². The van der Waals surface area contributed by atoms with Crippen LogP contribution in [0.1, 0.15) is 30.6 Å². The Balaban J connectivity index is 1.94. The summed E-state index contributed by atoms with van der Waals surface area (Å²) >= 11 is 0. The van der Waals surface area contributed by atoms with Crippen molar-refractivity contribution in [1.82, 2.24) is 15.1 Å². The van der Waals surface area contributed by atoms with Crippen LogP contribution in [0.2, 0.25) is 0 Å². The third kappa shape index (κ3) is 4.55. The van der Waals surface area contributed by atoms with Crippen LogP contribution in [0.3, 0.4) is 0 Å². The van der Waals surface area contributed by atoms with Crippen LogP contribution in [-0.2, 0) is 17.6 Å². The molecule has 2 heterocycles. The van der Waals surface area contributed by atoms with Crippen molar-refractivity contribution in [3.63, 3.8) is 0 Å². The van der Waals surface area contributed by atoms with Gasteiger partial charge in [0, 0.05) is 31.5 Å². The zero-order valence-corrected chi connectivity index (χ0v) is 11.9. The van der Waals surface area contributed by atoms with Gasteiger partial charge < -0.3 is 14.4 Å². The summed E-state index contributed by atoms with van der Waals surface area (Å²) in [5, 5.41) is 12.6. The van der Waals surface area contributed by atoms with Crippen molar-refractivity contribution in [2.24, 2.45) is 5.92 Å². The molecule has 1 unspecified atom stereocenters. The summed E-state index contributed by atoms with van der Waals surface area (Å²) in [7, 11) is 1.56. The van der Waals surface area contributed by atoms with E-state index in [1.807, 2.05) is 13.0 Å². The molecule has 0 fully saturated rings. The van der Waals surface area contributed by atoms with Crippen molar-refractivity contribution >= 4 is 5.97 Å². The number of nitrogens with zero attached hydrogens (tertiary/aromatic N) is 3. The van der Waals surface area contributed by atoms with Gasteiger partial charge in [0.25, 0.3) is 0 Å². The smallest absolute Gasteiger partial charge is 0.303 e. The van der Waals surface area contributed by atoms with Gasteiger partial charge in [-0.05, 0) is 11.5 Å². The molecular formula is C14H17N3O4. The highest BCUT2D eigenvalue weighted by molar-refractivity contribution is 5.66. The Labute approximate surface area is 122 Å². The van der Waals surface area contributed by atoms with Crippen molar-refractivity contribution < 1.29 is 19.2 Å². The number of ether oxygens (including phenoxy) is 1. The number of carboxylic acid groups (broad SMARTS) is 1. The Hall–Kier alpha value is -2.44. The van der Waals surface area contributed by atoms with Crippen LogP contribution in [0.25, 0.3) is 0 Å². The second-order valence-electron chi connectivity index (χ2n) is 4.90. The molecule has 0 bridgehead atoms. The zero-order valence-electron chi connectivity index (χ0n) is 11.9. The maximum Gasteiger partial charge on any atom is 0.303 e. The van der Waals surface area contributed by atoms with E-state index in [9.17, 15) is 4.79 Å². The Morgan fingerprint density at radius 3 is 2.90 bits per heavy atom. The monoisotopic (exact) mass is 291 g/mol. The highest BCUT2D eigenvalue weighted by Gasteiger charge is 2.14. The van der Waals surface area contributed by atoms with Crippen LogP contribution >= 0.6 is 0 Å². The fourth-order valence-corrected chi connectivity index (χ4v) is 1.93. The minimum absolute atomic E-state index is 0.0431. The molecule has 112 valence electrons. The lowest BCUT2D eigenvalue weighted by Gasteiger charge is -2.03. The average molecular weight is 291 g/mol. The summed E-state index contributed by atoms with van der Waals surface area (Å²) in [4.78, 5) is 19.0. The quantitative estimate of drug-likeness (QED) is 0.829. The minimum atomic E-state index is -0.827. The minimum Gasteiger partial charge on any atom is -0.481 e. The molecule has 2 rings (SSSR count). The first-order chi connectivity index (χ1) is 10.1. The number of hydrogen-bond acceptors (Lipinski definition) is 6. The lowest BCUT2D eigenvalue weighted by molar-refractivity contribution is -0.137. The van der Waals surface area contributed by atoms with Crippen LogP contribution in [0.5, 0.6) is 5.88 Å². The lowest BCUT2D eigenvalue weighted by atomic mass is 10.0. The second-order valence-corrected chi connectivity index (χ2v) is 4.90. The van der Waals surface area contributed by atoms with Gasteiger partial charge in [0.15, 0.2) is 5.82 Å². The molecule has 2 aromatic heterocycles. The molecular weight excluding hydrogens is 274 g/mol. The van der Waals surface area contributed by atoms with Gasteiger partial charge in [-0.2, -0.15) is 4.98 Å². The number of carboxylic acids is 1. The molecule has 0 aliphatic rings. The standard InChI is InChI=1S/C14H17N3O4/c1-9(6-14(18)19)5-13-16-11(17-21-13)7-10-3-4-12(20-2)15-8-10/h3-4,8-9H,5-7H2,1-2H3,(H,18,19). The van der Waals surface area contributed by atoms with Crippen LogP contribution in [0.15, 0.2) is 22.9 Å². The summed E-state index contributed by atoms with van der Waals surface area (Å²) in [6.07, 6.45) is 2.75. The molecule has 2 aromatic rings. The van der Waals surface area contributed by atoms with E-state index in [0.29, 0.717) is 30.4 Å². The molecule has 7 nitrogen and oxygen atoms in total. The highest BCUT2D eigenvalue weighted by atomic mass is 16.5. The number of aromatic nitrogens is 3. The van der Waals surface area contributed by atoms with E-state index < -0.39 is 5.97 Å². The molecule has 21 heavy (non-hydrogen) atoms. The molecule has 0 aromatic carbocycles. The van der Waals surface area contributed by atoms with Gasteiger partial charge in [-0.15, -0.1) is 0 Å². The van der Waals surface area contributed by atoms with Crippen molar-refractivity contribution in [1.29, 1.82) is 0 Å². The van der Waals surface area contributed by atoms with E-state index >= 15 is 0 Å². The third-order valence-corrected chi connectivity index (χ3v) is 2.93. The normalized spacial score (nSPS) is 12.1. The molecule has 0 aliphatic carbocycles. The van der Waals surface area contributed by atoms with Crippen LogP contribution in [0.4, 0.5) is 0 Å². The fraction of sp³-hybridized carbons (Fsp3) is 0.429. The maximum atomic E-state index is 10.6. The molecule has 0 saturated heterocycles. The van der Waals surface area contributed by atoms with Crippen molar-refractivity contribution in [3.8, 4) is 5.88 Å². The van der Waals surface area contributed by atoms with Gasteiger partial charge in [-0.25, -0.2) is 4.98 Å². The number of rotatable bonds is 7. The highest BCUT2D eigenvalue weighted by Crippen LogP contribution is 2.13. The first-order valence-electron chi connectivity index (χ1n) is 6.59. The van der Waals surface area contributed by atoms with Gasteiger partial charge in [0.05, 0.1) is 7.11 Å². The fourth-order valence-electron chi connectivity index (χ4n) is 1.93. The summed E-state index contributed by atoms with van der Waals surface area (Å²) in [6.45, 7) is 1.84. The number of aliphatic carboxylic acids is 1. The zero-order chi connectivity index (χ0) is 15.2. The van der Waals surface area contributed by atoms with Crippen LogP contribution in [0, 0.1) is 5.92 Å². The molecule has 0 spiro atoms. The van der Waals surface area contributed by atoms with Gasteiger partial charge in [-0.1, -0.05) is 18.1 Å². The Morgan fingerprint density at radius 2 is 2.29 bits per heavy atom. The van der Waals surface area contributed by atoms with Gasteiger partial charge in [0.1, 0.15) is 0 Å². The molecule has 1 atom stereocenters. The molecule has 0 saturated carbocycles. The molecule has 0 radical (unpaired) electrons. The first-order valence-corrected chi connectivity index (χ1v) is 6.59. The average Bonchev–Trinajstić information content (AvgIpc) is 2.85. The lowest BCUT2D eigenvalue weighted by Crippen LogP contribution is -2.07. The predicted molar refractivity (Wildman–Crippen MR) is 73.0 cm³/mol. The van der Waals surface area contributed by atoms with Gasteiger partial charge >= 0.3 is 5.97 Å². The van der Waals surface area contributed by atoms with E-state index in [2.05, 4.69) is 15.1 Å². The predicted octanol–water partition coefficient (Wildman–Crippen LogP) is 1.72.